The third kappa shape index (κ3) is 45.7. The van der Waals surface area contributed by atoms with Crippen molar-refractivity contribution in [1.29, 1.82) is 0 Å². The van der Waals surface area contributed by atoms with Gasteiger partial charge in [0.1, 0.15) is 12.6 Å². The van der Waals surface area contributed by atoms with Crippen LogP contribution in [0.3, 0.4) is 0 Å². The van der Waals surface area contributed by atoms with E-state index in [0.717, 1.165) is 77.0 Å². The molecular weight excluding hydrogens is 811 g/mol. The van der Waals surface area contributed by atoms with E-state index in [9.17, 15) is 19.5 Å². The fourth-order valence-corrected chi connectivity index (χ4v) is 7.55. The molecule has 0 fully saturated rings. The highest BCUT2D eigenvalue weighted by Crippen LogP contribution is 2.16. The molecule has 0 aliphatic heterocycles. The van der Waals surface area contributed by atoms with Gasteiger partial charge in [-0.15, -0.1) is 0 Å². The maximum Gasteiger partial charge on any atom is 0.306 e. The van der Waals surface area contributed by atoms with E-state index in [1.165, 1.54) is 103 Å². The molecule has 0 radical (unpaired) electrons. The van der Waals surface area contributed by atoms with E-state index in [1.807, 2.05) is 0 Å². The van der Waals surface area contributed by atoms with Gasteiger partial charge in [0.2, 0.25) is 0 Å². The van der Waals surface area contributed by atoms with Crippen LogP contribution in [-0.4, -0.2) is 75.5 Å². The normalized spacial score (nSPS) is 13.4. The van der Waals surface area contributed by atoms with Crippen molar-refractivity contribution in [2.45, 2.75) is 231 Å². The molecule has 374 valence electrons. The fourth-order valence-electron chi connectivity index (χ4n) is 7.55. The summed E-state index contributed by atoms with van der Waals surface area (Å²) in [5.74, 6) is -1.77. The zero-order chi connectivity index (χ0) is 47.7. The Morgan fingerprint density at radius 3 is 1.28 bits per heavy atom. The van der Waals surface area contributed by atoms with Gasteiger partial charge < -0.3 is 28.6 Å². The molecule has 0 aromatic heterocycles. The molecule has 0 N–H and O–H groups in total. The van der Waals surface area contributed by atoms with Crippen molar-refractivity contribution in [1.82, 2.24) is 0 Å². The van der Waals surface area contributed by atoms with Gasteiger partial charge in [0.15, 0.2) is 6.10 Å². The van der Waals surface area contributed by atoms with Gasteiger partial charge in [-0.1, -0.05) is 209 Å². The molecule has 8 nitrogen and oxygen atoms in total. The quantitative estimate of drug-likeness (QED) is 0.0259. The lowest BCUT2D eigenvalue weighted by atomic mass is 10.0. The minimum atomic E-state index is -1.13. The first-order valence-corrected chi connectivity index (χ1v) is 26.5. The molecule has 0 bridgehead atoms. The summed E-state index contributed by atoms with van der Waals surface area (Å²) in [4.78, 5) is 37.1. The number of likely N-dealkylation sites (N-methyl/N-ethyl adjacent to an activating group) is 1. The molecule has 0 spiro atoms. The molecule has 0 aromatic carbocycles. The van der Waals surface area contributed by atoms with Gasteiger partial charge in [0.25, 0.3) is 0 Å². The van der Waals surface area contributed by atoms with Crippen LogP contribution in [-0.2, 0) is 28.6 Å². The summed E-state index contributed by atoms with van der Waals surface area (Å²) >= 11 is 0. The number of carbonyl (C=O) groups is 3. The molecule has 0 amide bonds. The van der Waals surface area contributed by atoms with Crippen molar-refractivity contribution in [2.24, 2.45) is 0 Å². The Morgan fingerprint density at radius 1 is 0.477 bits per heavy atom. The predicted molar refractivity (Wildman–Crippen MR) is 272 cm³/mol. The second-order valence-electron chi connectivity index (χ2n) is 18.7. The number of rotatable bonds is 47. The number of carboxylic acids is 1. The third-order valence-corrected chi connectivity index (χ3v) is 11.6. The first kappa shape index (κ1) is 61.8. The SMILES string of the molecule is CC/C=C/C/C=C/C/C=C/C/C=C/C/C=C/C/C=C/CCCCCC(=O)OC(COCCC(C(=O)[O-])[N+](C)(C)C)COC(=O)CCCCCCCCCCCCCCCCCCCCC. The van der Waals surface area contributed by atoms with E-state index in [1.54, 1.807) is 21.1 Å². The summed E-state index contributed by atoms with van der Waals surface area (Å²) in [5, 5.41) is 11.7. The van der Waals surface area contributed by atoms with Gasteiger partial charge in [0.05, 0.1) is 40.3 Å². The van der Waals surface area contributed by atoms with Crippen LogP contribution in [0.4, 0.5) is 0 Å². The van der Waals surface area contributed by atoms with E-state index < -0.39 is 18.1 Å². The summed E-state index contributed by atoms with van der Waals surface area (Å²) in [7, 11) is 5.40. The zero-order valence-corrected chi connectivity index (χ0v) is 42.6. The fraction of sp³-hybridized carbons (Fsp3) is 0.737. The summed E-state index contributed by atoms with van der Waals surface area (Å²) < 4.78 is 17.2. The topological polar surface area (TPSA) is 102 Å². The van der Waals surface area contributed by atoms with E-state index in [2.05, 4.69) is 86.8 Å². The molecule has 0 aliphatic carbocycles. The Bertz CT molecular complexity index is 1290. The summed E-state index contributed by atoms with van der Waals surface area (Å²) in [6, 6.07) is -0.735. The Balaban J connectivity index is 4.30. The number of esters is 2. The maximum absolute atomic E-state index is 12.8. The number of hydrogen-bond donors (Lipinski definition) is 0. The van der Waals surface area contributed by atoms with Crippen molar-refractivity contribution in [2.75, 3.05) is 41.0 Å². The second kappa shape index (κ2) is 47.3. The number of ether oxygens (including phenoxy) is 3. The van der Waals surface area contributed by atoms with Gasteiger partial charge >= 0.3 is 11.9 Å². The van der Waals surface area contributed by atoms with Crippen molar-refractivity contribution < 1.29 is 38.2 Å². The van der Waals surface area contributed by atoms with Gasteiger partial charge in [-0.3, -0.25) is 9.59 Å². The molecule has 0 heterocycles. The minimum Gasteiger partial charge on any atom is -0.544 e. The van der Waals surface area contributed by atoms with E-state index in [-0.39, 0.29) is 49.1 Å². The van der Waals surface area contributed by atoms with E-state index in [0.29, 0.717) is 12.8 Å². The molecule has 0 saturated heterocycles. The number of carboxylic acid groups (broad SMARTS) is 1. The Kier molecular flexibility index (Phi) is 44.9. The highest BCUT2D eigenvalue weighted by atomic mass is 16.6. The van der Waals surface area contributed by atoms with Gasteiger partial charge in [-0.25, -0.2) is 0 Å². The van der Waals surface area contributed by atoms with Gasteiger partial charge in [-0.2, -0.15) is 0 Å². The Hall–Kier alpha value is -3.23. The van der Waals surface area contributed by atoms with Crippen LogP contribution in [0.2, 0.25) is 0 Å². The number of quaternary nitrogens is 1. The van der Waals surface area contributed by atoms with Gasteiger partial charge in [0, 0.05) is 19.3 Å². The number of carbonyl (C=O) groups excluding carboxylic acids is 3. The number of aliphatic carboxylic acids is 1. The van der Waals surface area contributed by atoms with E-state index >= 15 is 0 Å². The molecular formula is C57H99NO7. The van der Waals surface area contributed by atoms with Gasteiger partial charge in [-0.05, 0) is 64.2 Å². The molecule has 2 unspecified atom stereocenters. The van der Waals surface area contributed by atoms with Crippen LogP contribution in [0.15, 0.2) is 72.9 Å². The molecule has 2 atom stereocenters. The predicted octanol–water partition coefficient (Wildman–Crippen LogP) is 14.1. The molecule has 0 rings (SSSR count). The lowest BCUT2D eigenvalue weighted by molar-refractivity contribution is -0.889. The maximum atomic E-state index is 12.8. The molecule has 0 aromatic rings. The number of allylic oxidation sites excluding steroid dienone is 12. The average Bonchev–Trinajstić information content (AvgIpc) is 3.27. The second-order valence-corrected chi connectivity index (χ2v) is 18.7. The Labute approximate surface area is 400 Å². The molecule has 65 heavy (non-hydrogen) atoms. The van der Waals surface area contributed by atoms with Crippen LogP contribution in [0.25, 0.3) is 0 Å². The molecule has 0 saturated carbocycles. The highest BCUT2D eigenvalue weighted by molar-refractivity contribution is 5.70. The van der Waals surface area contributed by atoms with Crippen LogP contribution in [0.5, 0.6) is 0 Å². The number of hydrogen-bond acceptors (Lipinski definition) is 7. The number of unbranched alkanes of at least 4 members (excludes halogenated alkanes) is 21. The zero-order valence-electron chi connectivity index (χ0n) is 42.6. The first-order valence-electron chi connectivity index (χ1n) is 26.5. The summed E-state index contributed by atoms with van der Waals surface area (Å²) in [6.07, 6.45) is 60.8. The Morgan fingerprint density at radius 2 is 0.862 bits per heavy atom. The lowest BCUT2D eigenvalue weighted by Gasteiger charge is -2.34. The lowest BCUT2D eigenvalue weighted by Crippen LogP contribution is -2.55. The van der Waals surface area contributed by atoms with Crippen molar-refractivity contribution in [3.63, 3.8) is 0 Å². The molecule has 8 heteroatoms. The van der Waals surface area contributed by atoms with Crippen LogP contribution in [0.1, 0.15) is 219 Å². The summed E-state index contributed by atoms with van der Waals surface area (Å²) in [5.41, 5.74) is 0. The van der Waals surface area contributed by atoms with Crippen molar-refractivity contribution in [3.05, 3.63) is 72.9 Å². The standard InChI is InChI=1S/C57H99NO7/c1-6-8-10-12-14-16-18-20-22-24-26-27-28-30-32-34-36-38-40-42-44-46-48-56(60)65-53(51-63-50-49-54(57(61)62)58(3,4)5)52-64-55(59)47-45-43-41-39-37-35-33-31-29-25-23-21-19-17-15-13-11-9-7-2/h8,10,14,16,20,22,26-27,30,32,36,38,53-54H,6-7,9,11-13,15,17-19,21,23-25,28-29,31,33-35,37,39-52H2,1-5H3/b10-8+,16-14+,22-20+,27-26+,32-30+,38-36+. The third-order valence-electron chi connectivity index (χ3n) is 11.6. The van der Waals surface area contributed by atoms with E-state index in [4.69, 9.17) is 14.2 Å². The number of nitrogens with zero attached hydrogens (tertiary/aromatic N) is 1. The largest absolute Gasteiger partial charge is 0.544 e. The van der Waals surface area contributed by atoms with Crippen LogP contribution >= 0.6 is 0 Å². The van der Waals surface area contributed by atoms with Crippen molar-refractivity contribution in [3.8, 4) is 0 Å². The monoisotopic (exact) mass is 910 g/mol. The van der Waals surface area contributed by atoms with Crippen molar-refractivity contribution >= 4 is 17.9 Å². The first-order chi connectivity index (χ1) is 31.6. The van der Waals surface area contributed by atoms with Crippen LogP contribution in [0, 0.1) is 0 Å². The molecule has 0 aliphatic rings. The summed E-state index contributed by atoms with van der Waals surface area (Å²) in [6.45, 7) is 4.53. The highest BCUT2D eigenvalue weighted by Gasteiger charge is 2.25. The smallest absolute Gasteiger partial charge is 0.306 e. The van der Waals surface area contributed by atoms with Crippen LogP contribution < -0.4 is 5.11 Å². The minimum absolute atomic E-state index is 0.0257. The average molecular weight is 910 g/mol.